The van der Waals surface area contributed by atoms with Crippen LogP contribution in [0.15, 0.2) is 30.6 Å². The standard InChI is InChI=1S/C16H20N4O/c1-2-20(11-13-4-3-7-17-13)16(21)12-5-6-14-15(10-12)19-9-8-18-14/h5-6,8-10,13,17H,2-4,7,11H2,1H3. The Morgan fingerprint density at radius 2 is 2.14 bits per heavy atom. The lowest BCUT2D eigenvalue weighted by Gasteiger charge is -2.24. The van der Waals surface area contributed by atoms with Crippen molar-refractivity contribution in [2.75, 3.05) is 19.6 Å². The van der Waals surface area contributed by atoms with E-state index in [0.29, 0.717) is 11.6 Å². The number of nitrogens with one attached hydrogen (secondary N) is 1. The van der Waals surface area contributed by atoms with Crippen LogP contribution in [0, 0.1) is 0 Å². The third-order valence-corrected chi connectivity index (χ3v) is 3.99. The molecule has 21 heavy (non-hydrogen) atoms. The number of nitrogens with zero attached hydrogens (tertiary/aromatic N) is 3. The number of amides is 1. The Morgan fingerprint density at radius 1 is 1.33 bits per heavy atom. The first-order chi connectivity index (χ1) is 10.3. The molecule has 0 radical (unpaired) electrons. The fourth-order valence-electron chi connectivity index (χ4n) is 2.81. The van der Waals surface area contributed by atoms with Gasteiger partial charge in [0.2, 0.25) is 0 Å². The number of carbonyl (C=O) groups is 1. The van der Waals surface area contributed by atoms with Gasteiger partial charge in [-0.1, -0.05) is 0 Å². The predicted molar refractivity (Wildman–Crippen MR) is 82.1 cm³/mol. The molecule has 5 heteroatoms. The summed E-state index contributed by atoms with van der Waals surface area (Å²) in [7, 11) is 0. The van der Waals surface area contributed by atoms with E-state index in [1.807, 2.05) is 30.0 Å². The van der Waals surface area contributed by atoms with Crippen molar-refractivity contribution < 1.29 is 4.79 Å². The molecule has 0 aliphatic carbocycles. The second kappa shape index (κ2) is 6.18. The van der Waals surface area contributed by atoms with E-state index >= 15 is 0 Å². The van der Waals surface area contributed by atoms with Crippen molar-refractivity contribution in [1.82, 2.24) is 20.2 Å². The Kier molecular flexibility index (Phi) is 4.10. The first-order valence-electron chi connectivity index (χ1n) is 7.51. The van der Waals surface area contributed by atoms with Gasteiger partial charge in [-0.3, -0.25) is 14.8 Å². The molecule has 1 amide bonds. The Bertz CT molecular complexity index is 637. The summed E-state index contributed by atoms with van der Waals surface area (Å²) in [5, 5.41) is 3.44. The lowest BCUT2D eigenvalue weighted by molar-refractivity contribution is 0.0751. The highest BCUT2D eigenvalue weighted by atomic mass is 16.2. The average Bonchev–Trinajstić information content (AvgIpc) is 3.04. The summed E-state index contributed by atoms with van der Waals surface area (Å²) >= 11 is 0. The number of hydrogen-bond acceptors (Lipinski definition) is 4. The van der Waals surface area contributed by atoms with Gasteiger partial charge >= 0.3 is 0 Å². The minimum atomic E-state index is 0.0683. The smallest absolute Gasteiger partial charge is 0.253 e. The molecule has 110 valence electrons. The summed E-state index contributed by atoms with van der Waals surface area (Å²) in [5.41, 5.74) is 2.26. The van der Waals surface area contributed by atoms with E-state index < -0.39 is 0 Å². The van der Waals surface area contributed by atoms with Gasteiger partial charge in [0.05, 0.1) is 11.0 Å². The summed E-state index contributed by atoms with van der Waals surface area (Å²) in [5.74, 6) is 0.0683. The summed E-state index contributed by atoms with van der Waals surface area (Å²) in [6, 6.07) is 5.95. The van der Waals surface area contributed by atoms with Crippen LogP contribution in [0.2, 0.25) is 0 Å². The van der Waals surface area contributed by atoms with Crippen molar-refractivity contribution in [1.29, 1.82) is 0 Å². The van der Waals surface area contributed by atoms with Gasteiger partial charge in [-0.05, 0) is 44.5 Å². The second-order valence-corrected chi connectivity index (χ2v) is 5.40. The average molecular weight is 284 g/mol. The Hall–Kier alpha value is -2.01. The summed E-state index contributed by atoms with van der Waals surface area (Å²) in [4.78, 5) is 23.1. The number of carbonyl (C=O) groups excluding carboxylic acids is 1. The van der Waals surface area contributed by atoms with Gasteiger partial charge < -0.3 is 10.2 Å². The van der Waals surface area contributed by atoms with Crippen LogP contribution in [0.25, 0.3) is 11.0 Å². The van der Waals surface area contributed by atoms with Gasteiger partial charge in [-0.15, -0.1) is 0 Å². The number of likely N-dealkylation sites (N-methyl/N-ethyl adjacent to an activating group) is 1. The monoisotopic (exact) mass is 284 g/mol. The van der Waals surface area contributed by atoms with E-state index in [1.54, 1.807) is 12.4 Å². The summed E-state index contributed by atoms with van der Waals surface area (Å²) < 4.78 is 0. The summed E-state index contributed by atoms with van der Waals surface area (Å²) in [6.07, 6.45) is 5.65. The van der Waals surface area contributed by atoms with Crippen molar-refractivity contribution in [2.24, 2.45) is 0 Å². The van der Waals surface area contributed by atoms with E-state index in [0.717, 1.165) is 37.1 Å². The fraction of sp³-hybridized carbons (Fsp3) is 0.438. The van der Waals surface area contributed by atoms with Crippen LogP contribution in [0.1, 0.15) is 30.1 Å². The topological polar surface area (TPSA) is 58.1 Å². The number of fused-ring (bicyclic) bond motifs is 1. The molecule has 1 fully saturated rings. The Labute approximate surface area is 124 Å². The molecule has 1 unspecified atom stereocenters. The minimum absolute atomic E-state index is 0.0683. The molecular weight excluding hydrogens is 264 g/mol. The van der Waals surface area contributed by atoms with Crippen LogP contribution in [0.5, 0.6) is 0 Å². The van der Waals surface area contributed by atoms with Crippen LogP contribution >= 0.6 is 0 Å². The molecule has 1 N–H and O–H groups in total. The Morgan fingerprint density at radius 3 is 2.86 bits per heavy atom. The lowest BCUT2D eigenvalue weighted by Crippen LogP contribution is -2.41. The number of hydrogen-bond donors (Lipinski definition) is 1. The highest BCUT2D eigenvalue weighted by Crippen LogP contribution is 2.14. The molecule has 5 nitrogen and oxygen atoms in total. The molecule has 1 aromatic heterocycles. The van der Waals surface area contributed by atoms with Crippen LogP contribution < -0.4 is 5.32 Å². The first-order valence-corrected chi connectivity index (χ1v) is 7.51. The van der Waals surface area contributed by atoms with Crippen molar-refractivity contribution in [3.8, 4) is 0 Å². The zero-order valence-corrected chi connectivity index (χ0v) is 12.2. The van der Waals surface area contributed by atoms with Crippen molar-refractivity contribution in [3.63, 3.8) is 0 Å². The van der Waals surface area contributed by atoms with E-state index in [1.165, 1.54) is 6.42 Å². The van der Waals surface area contributed by atoms with E-state index in [9.17, 15) is 4.79 Å². The van der Waals surface area contributed by atoms with Crippen molar-refractivity contribution in [3.05, 3.63) is 36.2 Å². The molecular formula is C16H20N4O. The van der Waals surface area contributed by atoms with Crippen LogP contribution in [0.3, 0.4) is 0 Å². The third kappa shape index (κ3) is 3.03. The van der Waals surface area contributed by atoms with Gasteiger partial charge in [0.15, 0.2) is 0 Å². The third-order valence-electron chi connectivity index (χ3n) is 3.99. The van der Waals surface area contributed by atoms with Crippen LogP contribution in [0.4, 0.5) is 0 Å². The number of aromatic nitrogens is 2. The molecule has 0 saturated carbocycles. The van der Waals surface area contributed by atoms with E-state index in [-0.39, 0.29) is 5.91 Å². The molecule has 2 aromatic rings. The van der Waals surface area contributed by atoms with Crippen LogP contribution in [-0.4, -0.2) is 46.5 Å². The first kappa shape index (κ1) is 13.9. The zero-order chi connectivity index (χ0) is 14.7. The molecule has 1 aliphatic heterocycles. The van der Waals surface area contributed by atoms with Crippen LogP contribution in [-0.2, 0) is 0 Å². The molecule has 1 atom stereocenters. The van der Waals surface area contributed by atoms with Crippen molar-refractivity contribution >= 4 is 16.9 Å². The van der Waals surface area contributed by atoms with Crippen molar-refractivity contribution in [2.45, 2.75) is 25.8 Å². The number of rotatable bonds is 4. The molecule has 2 heterocycles. The summed E-state index contributed by atoms with van der Waals surface area (Å²) in [6.45, 7) is 4.57. The maximum absolute atomic E-state index is 12.7. The van der Waals surface area contributed by atoms with Gasteiger partial charge in [-0.2, -0.15) is 0 Å². The molecule has 0 bridgehead atoms. The quantitative estimate of drug-likeness (QED) is 0.931. The largest absolute Gasteiger partial charge is 0.337 e. The van der Waals surface area contributed by atoms with Gasteiger partial charge in [0, 0.05) is 37.1 Å². The molecule has 1 saturated heterocycles. The SMILES string of the molecule is CCN(CC1CCCN1)C(=O)c1ccc2nccnc2c1. The molecule has 1 aliphatic rings. The van der Waals surface area contributed by atoms with E-state index in [2.05, 4.69) is 15.3 Å². The zero-order valence-electron chi connectivity index (χ0n) is 12.2. The van der Waals surface area contributed by atoms with E-state index in [4.69, 9.17) is 0 Å². The predicted octanol–water partition coefficient (Wildman–Crippen LogP) is 1.84. The van der Waals surface area contributed by atoms with Gasteiger partial charge in [0.1, 0.15) is 0 Å². The second-order valence-electron chi connectivity index (χ2n) is 5.40. The highest BCUT2D eigenvalue weighted by Gasteiger charge is 2.21. The maximum Gasteiger partial charge on any atom is 0.253 e. The maximum atomic E-state index is 12.7. The fourth-order valence-corrected chi connectivity index (χ4v) is 2.81. The number of benzene rings is 1. The molecule has 0 spiro atoms. The molecule has 1 aromatic carbocycles. The minimum Gasteiger partial charge on any atom is -0.337 e. The molecule has 3 rings (SSSR count). The highest BCUT2D eigenvalue weighted by molar-refractivity contribution is 5.97. The van der Waals surface area contributed by atoms with Gasteiger partial charge in [-0.25, -0.2) is 0 Å². The Balaban J connectivity index is 1.80. The normalized spacial score (nSPS) is 18.0. The van der Waals surface area contributed by atoms with Gasteiger partial charge in [0.25, 0.3) is 5.91 Å². The lowest BCUT2D eigenvalue weighted by atomic mass is 10.1.